The zero-order valence-corrected chi connectivity index (χ0v) is 66.8. The van der Waals surface area contributed by atoms with Gasteiger partial charge in [0.1, 0.15) is 116 Å². The van der Waals surface area contributed by atoms with Crippen LogP contribution in [0.5, 0.6) is 0 Å². The van der Waals surface area contributed by atoms with Crippen LogP contribution in [0.1, 0.15) is 240 Å². The molecule has 3 amide bonds. The number of hydrogen-bond donors (Lipinski definition) is 20. The van der Waals surface area contributed by atoms with E-state index >= 15 is 0 Å². The van der Waals surface area contributed by atoms with Crippen molar-refractivity contribution < 1.29 is 153 Å². The molecule has 113 heavy (non-hydrogen) atoms. The maximum Gasteiger partial charge on any atom is 0.364 e. The van der Waals surface area contributed by atoms with Gasteiger partial charge in [0.05, 0.1) is 63.9 Å². The number of amides is 3. The molecule has 0 aliphatic carbocycles. The van der Waals surface area contributed by atoms with Gasteiger partial charge in [0, 0.05) is 26.7 Å². The number of rotatable bonds is 57. The summed E-state index contributed by atoms with van der Waals surface area (Å²) in [5.74, 6) is -7.39. The second-order valence-electron chi connectivity index (χ2n) is 31.0. The summed E-state index contributed by atoms with van der Waals surface area (Å²) in [7, 11) is 0. The number of carbonyl (C=O) groups excluding carboxylic acids is 3. The van der Waals surface area contributed by atoms with Crippen LogP contribution >= 0.6 is 0 Å². The molecule has 0 radical (unpaired) electrons. The fourth-order valence-corrected chi connectivity index (χ4v) is 15.1. The first kappa shape index (κ1) is 99.9. The third kappa shape index (κ3) is 32.4. The van der Waals surface area contributed by atoms with Gasteiger partial charge < -0.3 is 150 Å². The normalized spacial score (nSPS) is 33.5. The SMILES string of the molecule is CCCCCCCC/C=C\CCCCCCCCCCCCCC(=O)N[C@@H](CO[C@@H]1OC(CO)[C@@H](O[C@@H]2OC(CO)[C@H](O[C@@H]3OC(CO)[C@H](O)[C@H](O[C@@H]4OC(CO)[C@H](O)[C@H](O[C@]5(C(=O)O)CC(O)[C@@H](NC(C)=O)C([C@H](O)[C@H](O)CO)O5)C4NC(C)=O)C3O)[C@H](O)C2O)[C@H](O)C1O)[C@H](O)/C=C/CCCCCCCCCCCCC. The molecule has 34 nitrogen and oxygen atoms in total. The van der Waals surface area contributed by atoms with Crippen molar-refractivity contribution in [3.8, 4) is 0 Å². The first-order chi connectivity index (χ1) is 54.3. The Morgan fingerprint density at radius 3 is 1.32 bits per heavy atom. The number of carbonyl (C=O) groups is 4. The summed E-state index contributed by atoms with van der Waals surface area (Å²) in [6.07, 6.45) is -4.95. The Morgan fingerprint density at radius 1 is 0.460 bits per heavy atom. The molecule has 5 aliphatic heterocycles. The molecule has 28 atom stereocenters. The summed E-state index contributed by atoms with van der Waals surface area (Å²) in [5, 5.41) is 196. The van der Waals surface area contributed by atoms with Gasteiger partial charge in [0.15, 0.2) is 25.2 Å². The van der Waals surface area contributed by atoms with Crippen molar-refractivity contribution in [2.24, 2.45) is 0 Å². The van der Waals surface area contributed by atoms with Gasteiger partial charge in [-0.2, -0.15) is 0 Å². The Kier molecular flexibility index (Phi) is 48.2. The zero-order chi connectivity index (χ0) is 83.0. The van der Waals surface area contributed by atoms with Crippen LogP contribution in [-0.2, 0) is 66.5 Å². The van der Waals surface area contributed by atoms with E-state index in [1.165, 1.54) is 128 Å². The Bertz CT molecular complexity index is 2660. The second kappa shape index (κ2) is 54.5. The molecule has 0 saturated carbocycles. The number of carboxylic acid groups (broad SMARTS) is 1. The lowest BCUT2D eigenvalue weighted by molar-refractivity contribution is -0.390. The van der Waals surface area contributed by atoms with Crippen molar-refractivity contribution in [3.05, 3.63) is 24.3 Å². The fraction of sp³-hybridized carbons (Fsp3) is 0.899. The molecule has 0 aromatic carbocycles. The summed E-state index contributed by atoms with van der Waals surface area (Å²) >= 11 is 0. The van der Waals surface area contributed by atoms with Crippen LogP contribution < -0.4 is 16.0 Å². The molecule has 20 N–H and O–H groups in total. The van der Waals surface area contributed by atoms with Crippen molar-refractivity contribution in [2.75, 3.05) is 39.6 Å². The van der Waals surface area contributed by atoms with Crippen molar-refractivity contribution >= 4 is 23.7 Å². The van der Waals surface area contributed by atoms with E-state index in [0.29, 0.717) is 12.8 Å². The van der Waals surface area contributed by atoms with Crippen LogP contribution in [0.15, 0.2) is 24.3 Å². The third-order valence-corrected chi connectivity index (χ3v) is 21.7. The van der Waals surface area contributed by atoms with Gasteiger partial charge in [0.2, 0.25) is 17.7 Å². The number of hydrogen-bond acceptors (Lipinski definition) is 30. The first-order valence-electron chi connectivity index (χ1n) is 41.7. The summed E-state index contributed by atoms with van der Waals surface area (Å²) in [4.78, 5) is 52.0. The standard InChI is InChI=1S/C79H141N3O31/c1-5-7-9-11-13-15-17-19-20-21-22-23-24-25-26-28-30-32-34-36-38-40-58(93)82-50(51(90)39-37-35-33-31-29-27-18-16-14-12-10-8-6-2)47-104-75-66(99)64(97)69(56(45-86)107-75)109-76-67(100)65(98)70(57(46-87)108-76)110-77-68(101)73(63(96)55(44-85)106-77)111-74-60(81-49(4)89)72(62(95)54(43-84)105-74)113-79(78(102)103)41-52(91)59(80-48(3)88)71(112-79)61(94)53(92)42-83/h19-20,37,39,50-57,59-77,83-87,90-92,94-101H,5-18,21-36,38,40-47H2,1-4H3,(H,80,88)(H,81,89)(H,82,93)(H,102,103)/b20-19-,39-37+/t50-,51+,52?,53+,54?,55?,56?,57?,59+,60?,61+,62-,63-,64+,65+,66?,67?,68?,69+,70-,71?,72+,73-,74-,75+,76-,77-,79-/m0/s1. The quantitative estimate of drug-likeness (QED) is 0.0299. The third-order valence-electron chi connectivity index (χ3n) is 21.7. The molecule has 0 bridgehead atoms. The number of allylic oxidation sites excluding steroid dienone is 3. The average Bonchev–Trinajstić information content (AvgIpc) is 0.748. The Labute approximate surface area is 665 Å². The van der Waals surface area contributed by atoms with Gasteiger partial charge in [-0.25, -0.2) is 4.79 Å². The number of unbranched alkanes of at least 4 members (excludes halogenated alkanes) is 28. The minimum absolute atomic E-state index is 0.175. The van der Waals surface area contributed by atoms with E-state index in [9.17, 15) is 106 Å². The molecule has 0 spiro atoms. The van der Waals surface area contributed by atoms with E-state index in [1.807, 2.05) is 6.08 Å². The molecule has 5 fully saturated rings. The van der Waals surface area contributed by atoms with Crippen molar-refractivity contribution in [1.29, 1.82) is 0 Å². The smallest absolute Gasteiger partial charge is 0.364 e. The highest BCUT2D eigenvalue weighted by Crippen LogP contribution is 2.40. The fourth-order valence-electron chi connectivity index (χ4n) is 15.1. The van der Waals surface area contributed by atoms with E-state index in [2.05, 4.69) is 41.9 Å². The van der Waals surface area contributed by atoms with Crippen LogP contribution in [0.25, 0.3) is 0 Å². The van der Waals surface area contributed by atoms with E-state index in [1.54, 1.807) is 6.08 Å². The lowest BCUT2D eigenvalue weighted by Crippen LogP contribution is -2.72. The van der Waals surface area contributed by atoms with Gasteiger partial charge in [-0.15, -0.1) is 0 Å². The number of carboxylic acids is 1. The lowest BCUT2D eigenvalue weighted by Gasteiger charge is -2.52. The molecule has 5 aliphatic rings. The van der Waals surface area contributed by atoms with Gasteiger partial charge in [-0.1, -0.05) is 192 Å². The molecule has 5 saturated heterocycles. The molecule has 5 rings (SSSR count). The minimum atomic E-state index is -3.20. The topological polar surface area (TPSA) is 541 Å². The highest BCUT2D eigenvalue weighted by Gasteiger charge is 2.61. The van der Waals surface area contributed by atoms with Gasteiger partial charge in [0.25, 0.3) is 5.79 Å². The molecule has 5 heterocycles. The van der Waals surface area contributed by atoms with Crippen LogP contribution in [-0.4, -0.2) is 321 Å². The van der Waals surface area contributed by atoms with E-state index in [-0.39, 0.29) is 12.3 Å². The molecule has 10 unspecified atom stereocenters. The number of aliphatic hydroxyl groups is 16. The van der Waals surface area contributed by atoms with Crippen molar-refractivity contribution in [2.45, 2.75) is 411 Å². The van der Waals surface area contributed by atoms with Gasteiger partial charge in [-0.3, -0.25) is 14.4 Å². The summed E-state index contributed by atoms with van der Waals surface area (Å²) in [6.45, 7) is 0.614. The van der Waals surface area contributed by atoms with Crippen LogP contribution in [0.2, 0.25) is 0 Å². The number of aliphatic carboxylic acids is 1. The average molecular weight is 1630 g/mol. The van der Waals surface area contributed by atoms with Gasteiger partial charge >= 0.3 is 5.97 Å². The van der Waals surface area contributed by atoms with Crippen molar-refractivity contribution in [3.63, 3.8) is 0 Å². The Hall–Kier alpha value is -3.68. The summed E-state index contributed by atoms with van der Waals surface area (Å²) in [6, 6.07) is -4.73. The summed E-state index contributed by atoms with van der Waals surface area (Å²) in [5.41, 5.74) is 0. The molecule has 0 aromatic heterocycles. The van der Waals surface area contributed by atoms with Crippen LogP contribution in [0.4, 0.5) is 0 Å². The molecular formula is C79H141N3O31. The van der Waals surface area contributed by atoms with E-state index < -0.39 is 235 Å². The molecular weight excluding hydrogens is 1490 g/mol. The zero-order valence-electron chi connectivity index (χ0n) is 66.8. The molecule has 658 valence electrons. The minimum Gasteiger partial charge on any atom is -0.477 e. The maximum atomic E-state index is 13.5. The lowest BCUT2D eigenvalue weighted by atomic mass is 9.88. The highest BCUT2D eigenvalue weighted by atomic mass is 16.8. The Balaban J connectivity index is 1.20. The molecule has 0 aromatic rings. The monoisotopic (exact) mass is 1630 g/mol. The maximum absolute atomic E-state index is 13.5. The van der Waals surface area contributed by atoms with Gasteiger partial charge in [-0.05, 0) is 44.9 Å². The largest absolute Gasteiger partial charge is 0.477 e. The van der Waals surface area contributed by atoms with E-state index in [4.69, 9.17) is 47.4 Å². The molecule has 34 heteroatoms. The van der Waals surface area contributed by atoms with Crippen LogP contribution in [0, 0.1) is 0 Å². The number of ether oxygens (including phenoxy) is 10. The first-order valence-corrected chi connectivity index (χ1v) is 41.7. The second-order valence-corrected chi connectivity index (χ2v) is 31.0. The summed E-state index contributed by atoms with van der Waals surface area (Å²) < 4.78 is 58.9. The van der Waals surface area contributed by atoms with Crippen LogP contribution in [0.3, 0.4) is 0 Å². The predicted molar refractivity (Wildman–Crippen MR) is 406 cm³/mol. The number of nitrogens with one attached hydrogen (secondary N) is 3. The Morgan fingerprint density at radius 2 is 0.858 bits per heavy atom. The van der Waals surface area contributed by atoms with E-state index in [0.717, 1.165) is 71.6 Å². The number of aliphatic hydroxyl groups excluding tert-OH is 16. The van der Waals surface area contributed by atoms with Crippen molar-refractivity contribution in [1.82, 2.24) is 16.0 Å². The predicted octanol–water partition coefficient (Wildman–Crippen LogP) is 1.07. The highest BCUT2D eigenvalue weighted by molar-refractivity contribution is 5.77.